The van der Waals surface area contributed by atoms with Crippen LogP contribution in [0.5, 0.6) is 0 Å². The van der Waals surface area contributed by atoms with E-state index in [2.05, 4.69) is 41.5 Å². The van der Waals surface area contributed by atoms with Crippen LogP contribution in [-0.2, 0) is 6.42 Å². The fourth-order valence-corrected chi connectivity index (χ4v) is 2.44. The van der Waals surface area contributed by atoms with Crippen LogP contribution in [0.15, 0.2) is 52.9 Å². The van der Waals surface area contributed by atoms with Gasteiger partial charge in [0.05, 0.1) is 18.1 Å². The highest BCUT2D eigenvalue weighted by atomic mass is 16.4. The molecule has 6 heteroatoms. The quantitative estimate of drug-likeness (QED) is 0.756. The summed E-state index contributed by atoms with van der Waals surface area (Å²) in [5.74, 6) is 0.542. The average Bonchev–Trinajstić information content (AvgIpc) is 3.09. The summed E-state index contributed by atoms with van der Waals surface area (Å²) < 4.78 is 5.50. The van der Waals surface area contributed by atoms with E-state index in [4.69, 9.17) is 9.68 Å². The molecule has 0 radical (unpaired) electrons. The first-order valence-electron chi connectivity index (χ1n) is 8.28. The highest BCUT2D eigenvalue weighted by Crippen LogP contribution is 2.17. The molecule has 2 aromatic carbocycles. The molecular weight excluding hydrogens is 328 g/mol. The van der Waals surface area contributed by atoms with E-state index in [0.29, 0.717) is 29.4 Å². The van der Waals surface area contributed by atoms with Crippen molar-refractivity contribution >= 4 is 11.9 Å². The zero-order chi connectivity index (χ0) is 18.5. The number of rotatable bonds is 5. The van der Waals surface area contributed by atoms with Gasteiger partial charge in [0.2, 0.25) is 5.89 Å². The van der Waals surface area contributed by atoms with Crippen LogP contribution in [-0.4, -0.2) is 16.1 Å². The lowest BCUT2D eigenvalue weighted by Crippen LogP contribution is -2.12. The summed E-state index contributed by atoms with van der Waals surface area (Å²) in [6.45, 7) is 4.30. The Morgan fingerprint density at radius 1 is 1.12 bits per heavy atom. The van der Waals surface area contributed by atoms with Crippen molar-refractivity contribution in [1.82, 2.24) is 10.2 Å². The Bertz CT molecular complexity index is 935. The molecular formula is C20H18N4O2. The minimum absolute atomic E-state index is 0.0492. The standard InChI is InChI=1S/C20H18N4O2/c1-13(2)16-7-3-14(4-8-16)11-18-23-24-20(26-18)22-19(25)17-9-5-15(12-21)6-10-17/h3-10,13H,11H2,1-2H3,(H,22,24,25). The molecule has 130 valence electrons. The molecule has 1 aromatic heterocycles. The lowest BCUT2D eigenvalue weighted by molar-refractivity contribution is 0.102. The second kappa shape index (κ2) is 7.62. The van der Waals surface area contributed by atoms with Crippen LogP contribution >= 0.6 is 0 Å². The van der Waals surface area contributed by atoms with Crippen LogP contribution < -0.4 is 5.32 Å². The molecule has 0 saturated heterocycles. The number of hydrogen-bond acceptors (Lipinski definition) is 5. The molecule has 0 aliphatic heterocycles. The number of nitrogens with one attached hydrogen (secondary N) is 1. The molecule has 0 aliphatic carbocycles. The molecule has 6 nitrogen and oxygen atoms in total. The molecule has 1 amide bonds. The number of nitriles is 1. The summed E-state index contributed by atoms with van der Waals surface area (Å²) in [5.41, 5.74) is 3.23. The van der Waals surface area contributed by atoms with Gasteiger partial charge in [-0.3, -0.25) is 10.1 Å². The molecule has 0 spiro atoms. The van der Waals surface area contributed by atoms with Gasteiger partial charge in [0.15, 0.2) is 0 Å². The van der Waals surface area contributed by atoms with Gasteiger partial charge in [0, 0.05) is 5.56 Å². The molecule has 0 unspecified atom stereocenters. The Balaban J connectivity index is 1.63. The summed E-state index contributed by atoms with van der Waals surface area (Å²) in [6, 6.07) is 16.6. The summed E-state index contributed by atoms with van der Waals surface area (Å²) in [5, 5.41) is 19.2. The van der Waals surface area contributed by atoms with E-state index >= 15 is 0 Å². The maximum absolute atomic E-state index is 12.2. The Morgan fingerprint density at radius 2 is 1.81 bits per heavy atom. The van der Waals surface area contributed by atoms with Crippen molar-refractivity contribution in [2.45, 2.75) is 26.2 Å². The smallest absolute Gasteiger partial charge is 0.322 e. The third kappa shape index (κ3) is 4.14. The molecule has 0 atom stereocenters. The predicted molar refractivity (Wildman–Crippen MR) is 96.7 cm³/mol. The van der Waals surface area contributed by atoms with Gasteiger partial charge in [-0.25, -0.2) is 0 Å². The van der Waals surface area contributed by atoms with Crippen LogP contribution in [0.3, 0.4) is 0 Å². The number of benzene rings is 2. The van der Waals surface area contributed by atoms with Crippen molar-refractivity contribution < 1.29 is 9.21 Å². The largest absolute Gasteiger partial charge is 0.407 e. The summed E-state index contributed by atoms with van der Waals surface area (Å²) in [4.78, 5) is 12.2. The molecule has 0 bridgehead atoms. The molecule has 26 heavy (non-hydrogen) atoms. The monoisotopic (exact) mass is 346 g/mol. The third-order valence-electron chi connectivity index (χ3n) is 3.97. The molecule has 0 saturated carbocycles. The Morgan fingerprint density at radius 3 is 2.42 bits per heavy atom. The second-order valence-electron chi connectivity index (χ2n) is 6.22. The van der Waals surface area contributed by atoms with E-state index in [9.17, 15) is 4.79 Å². The van der Waals surface area contributed by atoms with Crippen molar-refractivity contribution in [2.24, 2.45) is 0 Å². The fraction of sp³-hybridized carbons (Fsp3) is 0.200. The van der Waals surface area contributed by atoms with Crippen molar-refractivity contribution in [3.63, 3.8) is 0 Å². The van der Waals surface area contributed by atoms with Gasteiger partial charge >= 0.3 is 6.01 Å². The first kappa shape index (κ1) is 17.4. The first-order valence-corrected chi connectivity index (χ1v) is 8.28. The normalized spacial score (nSPS) is 10.5. The van der Waals surface area contributed by atoms with E-state index in [0.717, 1.165) is 5.56 Å². The number of amides is 1. The van der Waals surface area contributed by atoms with Gasteiger partial charge < -0.3 is 4.42 Å². The van der Waals surface area contributed by atoms with Gasteiger partial charge in [0.1, 0.15) is 0 Å². The molecule has 3 rings (SSSR count). The lowest BCUT2D eigenvalue weighted by Gasteiger charge is -2.05. The Labute approximate surface area is 151 Å². The first-order chi connectivity index (χ1) is 12.5. The van der Waals surface area contributed by atoms with Crippen LogP contribution in [0, 0.1) is 11.3 Å². The molecule has 1 heterocycles. The van der Waals surface area contributed by atoms with Crippen molar-refractivity contribution in [3.05, 3.63) is 76.7 Å². The average molecular weight is 346 g/mol. The zero-order valence-corrected chi connectivity index (χ0v) is 14.6. The van der Waals surface area contributed by atoms with Gasteiger partial charge in [-0.05, 0) is 41.3 Å². The van der Waals surface area contributed by atoms with Gasteiger partial charge in [-0.2, -0.15) is 5.26 Å². The molecule has 0 fully saturated rings. The van der Waals surface area contributed by atoms with E-state index in [-0.39, 0.29) is 11.9 Å². The van der Waals surface area contributed by atoms with Crippen LogP contribution in [0.25, 0.3) is 0 Å². The van der Waals surface area contributed by atoms with Crippen molar-refractivity contribution in [3.8, 4) is 6.07 Å². The van der Waals surface area contributed by atoms with Crippen molar-refractivity contribution in [1.29, 1.82) is 5.26 Å². The van der Waals surface area contributed by atoms with Crippen molar-refractivity contribution in [2.75, 3.05) is 5.32 Å². The van der Waals surface area contributed by atoms with Gasteiger partial charge in [-0.15, -0.1) is 5.10 Å². The minimum atomic E-state index is -0.369. The second-order valence-corrected chi connectivity index (χ2v) is 6.22. The maximum Gasteiger partial charge on any atom is 0.322 e. The number of carbonyl (C=O) groups is 1. The minimum Gasteiger partial charge on any atom is -0.407 e. The SMILES string of the molecule is CC(C)c1ccc(Cc2nnc(NC(=O)c3ccc(C#N)cc3)o2)cc1. The van der Waals surface area contributed by atoms with Crippen LogP contribution in [0.2, 0.25) is 0 Å². The van der Waals surface area contributed by atoms with E-state index in [1.807, 2.05) is 18.2 Å². The lowest BCUT2D eigenvalue weighted by atomic mass is 10.0. The van der Waals surface area contributed by atoms with Crippen LogP contribution in [0.4, 0.5) is 6.01 Å². The number of nitrogens with zero attached hydrogens (tertiary/aromatic N) is 3. The topological polar surface area (TPSA) is 91.8 Å². The predicted octanol–water partition coefficient (Wildman–Crippen LogP) is 3.91. The van der Waals surface area contributed by atoms with Crippen LogP contribution in [0.1, 0.15) is 52.7 Å². The maximum atomic E-state index is 12.2. The number of hydrogen-bond donors (Lipinski definition) is 1. The molecule has 0 aliphatic rings. The number of carbonyl (C=O) groups excluding carboxylic acids is 1. The summed E-state index contributed by atoms with van der Waals surface area (Å²) in [7, 11) is 0. The molecule has 1 N–H and O–H groups in total. The highest BCUT2D eigenvalue weighted by Gasteiger charge is 2.12. The summed E-state index contributed by atoms with van der Waals surface area (Å²) in [6.07, 6.45) is 0.498. The van der Waals surface area contributed by atoms with E-state index in [1.54, 1.807) is 24.3 Å². The molecule has 3 aromatic rings. The van der Waals surface area contributed by atoms with E-state index < -0.39 is 0 Å². The number of anilines is 1. The summed E-state index contributed by atoms with van der Waals surface area (Å²) >= 11 is 0. The number of aromatic nitrogens is 2. The van der Waals surface area contributed by atoms with Gasteiger partial charge in [0.25, 0.3) is 5.91 Å². The Kier molecular flexibility index (Phi) is 5.09. The zero-order valence-electron chi connectivity index (χ0n) is 14.6. The van der Waals surface area contributed by atoms with E-state index in [1.165, 1.54) is 5.56 Å². The fourth-order valence-electron chi connectivity index (χ4n) is 2.44. The van der Waals surface area contributed by atoms with Gasteiger partial charge in [-0.1, -0.05) is 43.2 Å². The Hall–Kier alpha value is -3.46. The third-order valence-corrected chi connectivity index (χ3v) is 3.97. The highest BCUT2D eigenvalue weighted by molar-refractivity contribution is 6.03.